The van der Waals surface area contributed by atoms with Crippen molar-refractivity contribution in [3.8, 4) is 0 Å². The first-order valence-corrected chi connectivity index (χ1v) is 6.54. The van der Waals surface area contributed by atoms with Gasteiger partial charge in [0.15, 0.2) is 0 Å². The first kappa shape index (κ1) is 13.8. The van der Waals surface area contributed by atoms with Crippen molar-refractivity contribution in [2.45, 2.75) is 51.8 Å². The number of hydrogen-bond acceptors (Lipinski definition) is 2. The lowest BCUT2D eigenvalue weighted by Gasteiger charge is -2.27. The van der Waals surface area contributed by atoms with Crippen molar-refractivity contribution in [3.63, 3.8) is 0 Å². The third-order valence-electron chi connectivity index (χ3n) is 1.94. The Kier molecular flexibility index (Phi) is 6.26. The molecule has 0 spiro atoms. The van der Waals surface area contributed by atoms with Crippen molar-refractivity contribution in [1.29, 1.82) is 0 Å². The zero-order chi connectivity index (χ0) is 11.3. The molecule has 0 saturated carbocycles. The predicted octanol–water partition coefficient (Wildman–Crippen LogP) is 3.14. The molecule has 14 heavy (non-hydrogen) atoms. The Morgan fingerprint density at radius 3 is 2.00 bits per heavy atom. The maximum atomic E-state index is 13.7. The van der Waals surface area contributed by atoms with E-state index in [9.17, 15) is 9.18 Å². The van der Waals surface area contributed by atoms with Gasteiger partial charge in [-0.15, -0.1) is 0 Å². The molecular weight excluding hydrogens is 202 g/mol. The van der Waals surface area contributed by atoms with Crippen LogP contribution in [0.1, 0.15) is 34.6 Å². The van der Waals surface area contributed by atoms with Crippen LogP contribution < -0.4 is 0 Å². The Labute approximate surface area is 87.0 Å². The van der Waals surface area contributed by atoms with Gasteiger partial charge in [-0.2, -0.15) is 0 Å². The van der Waals surface area contributed by atoms with Crippen LogP contribution in [0.3, 0.4) is 0 Å². The van der Waals surface area contributed by atoms with Gasteiger partial charge in [0.2, 0.25) is 5.91 Å². The van der Waals surface area contributed by atoms with Crippen LogP contribution in [0.15, 0.2) is 0 Å². The second-order valence-electron chi connectivity index (χ2n) is 3.72. The van der Waals surface area contributed by atoms with Crippen molar-refractivity contribution in [2.24, 2.45) is 0 Å². The number of hydrogen-bond donors (Lipinski definition) is 0. The number of alkyl halides is 1. The van der Waals surface area contributed by atoms with Gasteiger partial charge >= 0.3 is 5.97 Å². The predicted molar refractivity (Wildman–Crippen MR) is 58.7 cm³/mol. The lowest BCUT2D eigenvalue weighted by atomic mass is 10.5. The highest BCUT2D eigenvalue weighted by Crippen LogP contribution is 2.51. The van der Waals surface area contributed by atoms with E-state index >= 15 is 0 Å². The minimum atomic E-state index is -1.43. The highest BCUT2D eigenvalue weighted by Gasteiger charge is 2.33. The van der Waals surface area contributed by atoms with Crippen LogP contribution in [0, 0.1) is 0 Å². The smallest absolute Gasteiger partial charge is 0.345 e. The van der Waals surface area contributed by atoms with E-state index < -0.39 is 19.8 Å². The number of carbonyl (C=O) groups excluding carboxylic acids is 1. The molecular formula is C10H20FO2P. The van der Waals surface area contributed by atoms with E-state index in [-0.39, 0.29) is 17.9 Å². The number of esters is 1. The minimum Gasteiger partial charge on any atom is -0.464 e. The van der Waals surface area contributed by atoms with Gasteiger partial charge in [0.25, 0.3) is 0 Å². The quantitative estimate of drug-likeness (QED) is 0.527. The summed E-state index contributed by atoms with van der Waals surface area (Å²) in [5, 5.41) is 0. The molecule has 0 heterocycles. The SMILES string of the molecule is CCOC(=O)C(F)P(C(C)C)C(C)C. The van der Waals surface area contributed by atoms with Gasteiger partial charge in [-0.1, -0.05) is 35.6 Å². The van der Waals surface area contributed by atoms with Crippen molar-refractivity contribution in [2.75, 3.05) is 6.61 Å². The van der Waals surface area contributed by atoms with Crippen LogP contribution >= 0.6 is 7.92 Å². The molecule has 2 nitrogen and oxygen atoms in total. The summed E-state index contributed by atoms with van der Waals surface area (Å²) in [6.45, 7) is 9.76. The number of rotatable bonds is 5. The fourth-order valence-corrected chi connectivity index (χ4v) is 4.01. The van der Waals surface area contributed by atoms with E-state index in [1.807, 2.05) is 27.7 Å². The van der Waals surface area contributed by atoms with E-state index in [0.717, 1.165) is 0 Å². The maximum Gasteiger partial charge on any atom is 0.345 e. The van der Waals surface area contributed by atoms with Crippen LogP contribution in [0.4, 0.5) is 4.39 Å². The van der Waals surface area contributed by atoms with Crippen molar-refractivity contribution in [1.82, 2.24) is 0 Å². The van der Waals surface area contributed by atoms with Gasteiger partial charge in [-0.3, -0.25) is 0 Å². The van der Waals surface area contributed by atoms with Gasteiger partial charge in [0.05, 0.1) is 6.61 Å². The van der Waals surface area contributed by atoms with Crippen LogP contribution in [-0.2, 0) is 9.53 Å². The summed E-state index contributed by atoms with van der Waals surface area (Å²) < 4.78 is 18.4. The second-order valence-corrected chi connectivity index (χ2v) is 7.14. The molecule has 0 aliphatic heterocycles. The summed E-state index contributed by atoms with van der Waals surface area (Å²) >= 11 is 0. The molecule has 1 unspecified atom stereocenters. The molecule has 0 saturated heterocycles. The summed E-state index contributed by atoms with van der Waals surface area (Å²) in [6.07, 6.45) is 0. The van der Waals surface area contributed by atoms with Gasteiger partial charge in [-0.05, 0) is 18.2 Å². The summed E-state index contributed by atoms with van der Waals surface area (Å²) in [4.78, 5) is 11.2. The monoisotopic (exact) mass is 222 g/mol. The molecule has 0 aliphatic rings. The summed E-state index contributed by atoms with van der Waals surface area (Å²) in [5.41, 5.74) is 0.425. The van der Waals surface area contributed by atoms with Gasteiger partial charge in [0, 0.05) is 0 Å². The molecule has 0 radical (unpaired) electrons. The largest absolute Gasteiger partial charge is 0.464 e. The van der Waals surface area contributed by atoms with E-state index in [1.165, 1.54) is 0 Å². The van der Waals surface area contributed by atoms with E-state index in [1.54, 1.807) is 6.92 Å². The highest BCUT2D eigenvalue weighted by molar-refractivity contribution is 7.60. The summed E-state index contributed by atoms with van der Waals surface area (Å²) in [7, 11) is -0.932. The van der Waals surface area contributed by atoms with E-state index in [2.05, 4.69) is 4.74 Å². The first-order chi connectivity index (χ1) is 6.41. The Balaban J connectivity index is 4.43. The fraction of sp³-hybridized carbons (Fsp3) is 0.900. The Morgan fingerprint density at radius 2 is 1.71 bits per heavy atom. The zero-order valence-corrected chi connectivity index (χ0v) is 10.5. The van der Waals surface area contributed by atoms with Crippen LogP contribution in [0.25, 0.3) is 0 Å². The van der Waals surface area contributed by atoms with Crippen molar-refractivity contribution < 1.29 is 13.9 Å². The average Bonchev–Trinajstić information content (AvgIpc) is 2.03. The second kappa shape index (κ2) is 6.34. The fourth-order valence-electron chi connectivity index (χ4n) is 1.45. The third-order valence-corrected chi connectivity index (χ3v) is 5.05. The van der Waals surface area contributed by atoms with Crippen LogP contribution in [0.5, 0.6) is 0 Å². The third kappa shape index (κ3) is 3.91. The maximum absolute atomic E-state index is 13.7. The number of ether oxygens (including phenoxy) is 1. The van der Waals surface area contributed by atoms with Gasteiger partial charge < -0.3 is 4.74 Å². The zero-order valence-electron chi connectivity index (χ0n) is 9.58. The Morgan fingerprint density at radius 1 is 1.29 bits per heavy atom. The first-order valence-electron chi connectivity index (χ1n) is 4.99. The Hall–Kier alpha value is -0.170. The van der Waals surface area contributed by atoms with Crippen LogP contribution in [-0.4, -0.2) is 29.8 Å². The molecule has 1 atom stereocenters. The molecule has 0 fully saturated rings. The molecule has 84 valence electrons. The molecule has 0 aromatic carbocycles. The molecule has 0 bridgehead atoms. The lowest BCUT2D eigenvalue weighted by molar-refractivity contribution is -0.145. The van der Waals surface area contributed by atoms with E-state index in [0.29, 0.717) is 0 Å². The summed E-state index contributed by atoms with van der Waals surface area (Å²) in [5.74, 6) is -2.12. The summed E-state index contributed by atoms with van der Waals surface area (Å²) in [6, 6.07) is 0. The molecule has 0 amide bonds. The normalized spacial score (nSPS) is 13.8. The van der Waals surface area contributed by atoms with Crippen molar-refractivity contribution in [3.05, 3.63) is 0 Å². The number of halogens is 1. The lowest BCUT2D eigenvalue weighted by Crippen LogP contribution is -2.23. The average molecular weight is 222 g/mol. The standard InChI is InChI=1S/C10H20FO2P/c1-6-13-10(12)9(11)14(7(2)3)8(4)5/h7-9H,6H2,1-5H3. The van der Waals surface area contributed by atoms with Crippen molar-refractivity contribution >= 4 is 13.9 Å². The molecule has 0 aromatic heterocycles. The molecule has 0 aromatic rings. The molecule has 0 rings (SSSR count). The topological polar surface area (TPSA) is 26.3 Å². The molecule has 0 aliphatic carbocycles. The molecule has 0 N–H and O–H groups in total. The number of carbonyl (C=O) groups is 1. The van der Waals surface area contributed by atoms with Crippen LogP contribution in [0.2, 0.25) is 0 Å². The minimum absolute atomic E-state index is 0.212. The Bertz CT molecular complexity index is 175. The van der Waals surface area contributed by atoms with Gasteiger partial charge in [0.1, 0.15) is 0 Å². The van der Waals surface area contributed by atoms with E-state index in [4.69, 9.17) is 0 Å². The van der Waals surface area contributed by atoms with Gasteiger partial charge in [-0.25, -0.2) is 9.18 Å². The molecule has 4 heteroatoms. The highest BCUT2D eigenvalue weighted by atomic mass is 31.1.